The van der Waals surface area contributed by atoms with Gasteiger partial charge in [0.15, 0.2) is 5.82 Å². The number of rotatable bonds is 6. The second kappa shape index (κ2) is 7.37. The number of hydrogen-bond acceptors (Lipinski definition) is 7. The molecule has 9 heteroatoms. The van der Waals surface area contributed by atoms with Gasteiger partial charge in [-0.2, -0.15) is 15.3 Å². The highest BCUT2D eigenvalue weighted by Gasteiger charge is 2.40. The average molecular weight is 391 g/mol. The van der Waals surface area contributed by atoms with E-state index in [1.165, 1.54) is 12.8 Å². The molecule has 2 aliphatic heterocycles. The summed E-state index contributed by atoms with van der Waals surface area (Å²) >= 11 is 0. The molecule has 3 aromatic heterocycles. The Morgan fingerprint density at radius 1 is 1.24 bits per heavy atom. The van der Waals surface area contributed by atoms with Gasteiger partial charge in [-0.1, -0.05) is 0 Å². The first-order valence-corrected chi connectivity index (χ1v) is 10.2. The number of aromatic amines is 1. The van der Waals surface area contributed by atoms with Crippen LogP contribution in [0.1, 0.15) is 37.8 Å². The molecule has 0 radical (unpaired) electrons. The minimum Gasteiger partial charge on any atom is -0.352 e. The molecule has 3 aromatic rings. The van der Waals surface area contributed by atoms with Crippen molar-refractivity contribution in [2.75, 3.05) is 17.2 Å². The van der Waals surface area contributed by atoms with Crippen LogP contribution in [-0.4, -0.2) is 54.1 Å². The quantitative estimate of drug-likeness (QED) is 0.593. The van der Waals surface area contributed by atoms with Gasteiger partial charge in [0.1, 0.15) is 11.5 Å². The van der Waals surface area contributed by atoms with E-state index in [2.05, 4.69) is 36.8 Å². The summed E-state index contributed by atoms with van der Waals surface area (Å²) in [5, 5.41) is 23.0. The lowest BCUT2D eigenvalue weighted by molar-refractivity contribution is 0.135. The highest BCUT2D eigenvalue weighted by atomic mass is 15.3. The number of nitrogens with one attached hydrogen (secondary N) is 3. The van der Waals surface area contributed by atoms with Crippen molar-refractivity contribution in [2.45, 2.75) is 57.2 Å². The van der Waals surface area contributed by atoms with Crippen molar-refractivity contribution in [1.82, 2.24) is 29.5 Å². The molecule has 3 N–H and O–H groups in total. The Labute approximate surface area is 169 Å². The predicted molar refractivity (Wildman–Crippen MR) is 110 cm³/mol. The van der Waals surface area contributed by atoms with Crippen molar-refractivity contribution in [3.05, 3.63) is 30.2 Å². The summed E-state index contributed by atoms with van der Waals surface area (Å²) in [5.41, 5.74) is 1.83. The van der Waals surface area contributed by atoms with Crippen LogP contribution in [0, 0.1) is 18.3 Å². The largest absolute Gasteiger partial charge is 0.352 e. The van der Waals surface area contributed by atoms with Gasteiger partial charge in [-0.25, -0.2) is 4.98 Å². The average Bonchev–Trinajstić information content (AvgIpc) is 3.39. The van der Waals surface area contributed by atoms with Crippen LogP contribution in [0.2, 0.25) is 0 Å². The number of piperidine rings is 1. The Kier molecular flexibility index (Phi) is 4.56. The molecular formula is C20H25N9. The lowest BCUT2D eigenvalue weighted by Gasteiger charge is -2.39. The van der Waals surface area contributed by atoms with E-state index in [9.17, 15) is 0 Å². The van der Waals surface area contributed by atoms with Crippen molar-refractivity contribution in [3.63, 3.8) is 0 Å². The van der Waals surface area contributed by atoms with E-state index < -0.39 is 0 Å². The lowest BCUT2D eigenvalue weighted by atomic mass is 9.97. The Bertz CT molecular complexity index is 1030. The van der Waals surface area contributed by atoms with Crippen LogP contribution < -0.4 is 10.6 Å². The fourth-order valence-corrected chi connectivity index (χ4v) is 4.82. The van der Waals surface area contributed by atoms with Crippen molar-refractivity contribution in [2.24, 2.45) is 0 Å². The van der Waals surface area contributed by atoms with Gasteiger partial charge in [0.25, 0.3) is 0 Å². The first-order valence-electron chi connectivity index (χ1n) is 10.2. The molecule has 2 unspecified atom stereocenters. The van der Waals surface area contributed by atoms with E-state index in [1.807, 2.05) is 29.7 Å². The van der Waals surface area contributed by atoms with Gasteiger partial charge >= 0.3 is 0 Å². The second-order valence-corrected chi connectivity index (χ2v) is 8.03. The fraction of sp³-hybridized carbons (Fsp3) is 0.500. The Hall–Kier alpha value is -3.12. The molecule has 0 aromatic carbocycles. The second-order valence-electron chi connectivity index (χ2n) is 8.03. The van der Waals surface area contributed by atoms with Gasteiger partial charge in [-0.15, -0.1) is 0 Å². The minimum atomic E-state index is 0.367. The molecule has 2 saturated heterocycles. The van der Waals surface area contributed by atoms with Crippen molar-refractivity contribution >= 4 is 23.2 Å². The number of anilines is 3. The van der Waals surface area contributed by atoms with Gasteiger partial charge < -0.3 is 10.6 Å². The van der Waals surface area contributed by atoms with Crippen LogP contribution in [0.25, 0.3) is 5.65 Å². The number of fused-ring (bicyclic) bond motifs is 3. The topological polar surface area (TPSA) is 110 Å². The number of aromatic nitrogens is 5. The van der Waals surface area contributed by atoms with Crippen LogP contribution in [0.4, 0.5) is 17.6 Å². The van der Waals surface area contributed by atoms with Crippen LogP contribution in [-0.2, 0) is 0 Å². The molecule has 0 aliphatic carbocycles. The van der Waals surface area contributed by atoms with E-state index in [0.717, 1.165) is 42.5 Å². The van der Waals surface area contributed by atoms with E-state index in [-0.39, 0.29) is 0 Å². The van der Waals surface area contributed by atoms with Gasteiger partial charge in [0, 0.05) is 61.3 Å². The number of hydrogen-bond donors (Lipinski definition) is 3. The molecule has 2 bridgehead atoms. The Balaban J connectivity index is 1.35. The van der Waals surface area contributed by atoms with Crippen LogP contribution >= 0.6 is 0 Å². The molecule has 150 valence electrons. The summed E-state index contributed by atoms with van der Waals surface area (Å²) in [7, 11) is 0. The lowest BCUT2D eigenvalue weighted by Crippen LogP contribution is -2.47. The Morgan fingerprint density at radius 2 is 2.07 bits per heavy atom. The maximum absolute atomic E-state index is 8.93. The van der Waals surface area contributed by atoms with Crippen LogP contribution in [0.5, 0.6) is 0 Å². The molecule has 5 heterocycles. The first kappa shape index (κ1) is 17.9. The zero-order chi connectivity index (χ0) is 19.8. The van der Waals surface area contributed by atoms with Crippen molar-refractivity contribution in [1.29, 1.82) is 5.26 Å². The van der Waals surface area contributed by atoms with Crippen molar-refractivity contribution in [3.8, 4) is 6.07 Å². The van der Waals surface area contributed by atoms with E-state index in [1.54, 1.807) is 6.20 Å². The standard InChI is InChI=1S/C20H25N9/c1-13-9-18(27-26-13)24-17-12-19-22-6-8-29(19)20(25-17)23-14-10-15-3-4-16(11-14)28(15)7-2-5-21/h6,8-9,12,14-16H,2-4,7,10-11H2,1H3,(H,23,25)(H2,24,26,27). The molecule has 2 fully saturated rings. The third-order valence-electron chi connectivity index (χ3n) is 6.05. The van der Waals surface area contributed by atoms with Gasteiger partial charge in [0.2, 0.25) is 5.95 Å². The van der Waals surface area contributed by atoms with E-state index in [0.29, 0.717) is 30.4 Å². The molecule has 0 saturated carbocycles. The number of nitrogens with zero attached hydrogens (tertiary/aromatic N) is 6. The Morgan fingerprint density at radius 3 is 2.79 bits per heavy atom. The third-order valence-corrected chi connectivity index (χ3v) is 6.05. The predicted octanol–water partition coefficient (Wildman–Crippen LogP) is 2.83. The van der Waals surface area contributed by atoms with Crippen LogP contribution in [0.3, 0.4) is 0 Å². The van der Waals surface area contributed by atoms with Gasteiger partial charge in [0.05, 0.1) is 6.07 Å². The molecular weight excluding hydrogens is 366 g/mol. The maximum atomic E-state index is 8.93. The molecule has 9 nitrogen and oxygen atoms in total. The highest BCUT2D eigenvalue weighted by Crippen LogP contribution is 2.36. The highest BCUT2D eigenvalue weighted by molar-refractivity contribution is 5.61. The summed E-state index contributed by atoms with van der Waals surface area (Å²) in [6.07, 6.45) is 8.95. The molecule has 0 spiro atoms. The molecule has 2 atom stereocenters. The summed E-state index contributed by atoms with van der Waals surface area (Å²) in [6, 6.07) is 7.64. The number of H-pyrrole nitrogens is 1. The summed E-state index contributed by atoms with van der Waals surface area (Å²) < 4.78 is 1.99. The van der Waals surface area contributed by atoms with Crippen molar-refractivity contribution < 1.29 is 0 Å². The summed E-state index contributed by atoms with van der Waals surface area (Å²) in [6.45, 7) is 2.86. The van der Waals surface area contributed by atoms with E-state index >= 15 is 0 Å². The number of imidazole rings is 1. The van der Waals surface area contributed by atoms with Gasteiger partial charge in [-0.3, -0.25) is 14.4 Å². The van der Waals surface area contributed by atoms with Crippen LogP contribution in [0.15, 0.2) is 24.5 Å². The normalized spacial score (nSPS) is 23.9. The SMILES string of the molecule is Cc1cc(Nc2cc3nccn3c(NC3CC4CCC(C3)N4CCC#N)n2)n[nH]1. The summed E-state index contributed by atoms with van der Waals surface area (Å²) in [4.78, 5) is 11.8. The maximum Gasteiger partial charge on any atom is 0.210 e. The van der Waals surface area contributed by atoms with E-state index in [4.69, 9.17) is 10.2 Å². The molecule has 0 amide bonds. The smallest absolute Gasteiger partial charge is 0.210 e. The first-order chi connectivity index (χ1) is 14.2. The fourth-order valence-electron chi connectivity index (χ4n) is 4.82. The van der Waals surface area contributed by atoms with Gasteiger partial charge in [-0.05, 0) is 32.6 Å². The molecule has 2 aliphatic rings. The molecule has 5 rings (SSSR count). The zero-order valence-corrected chi connectivity index (χ0v) is 16.5. The minimum absolute atomic E-state index is 0.367. The molecule has 29 heavy (non-hydrogen) atoms. The third kappa shape index (κ3) is 3.51. The monoisotopic (exact) mass is 391 g/mol. The summed E-state index contributed by atoms with van der Waals surface area (Å²) in [5.74, 6) is 2.25. The number of nitriles is 1. The number of aryl methyl sites for hydroxylation is 1. The zero-order valence-electron chi connectivity index (χ0n) is 16.5.